The van der Waals surface area contributed by atoms with Gasteiger partial charge in [-0.1, -0.05) is 0 Å². The third-order valence-electron chi connectivity index (χ3n) is 3.26. The normalized spacial score (nSPS) is 17.8. The van der Waals surface area contributed by atoms with E-state index in [-0.39, 0.29) is 29.4 Å². The molecule has 8 nitrogen and oxygen atoms in total. The Bertz CT molecular complexity index is 596. The first-order chi connectivity index (χ1) is 9.52. The van der Waals surface area contributed by atoms with E-state index in [0.29, 0.717) is 19.5 Å². The molecule has 0 radical (unpaired) electrons. The molecule has 1 aromatic heterocycles. The van der Waals surface area contributed by atoms with Gasteiger partial charge in [0, 0.05) is 25.7 Å². The fourth-order valence-corrected chi connectivity index (χ4v) is 2.38. The summed E-state index contributed by atoms with van der Waals surface area (Å²) >= 11 is 0. The molecule has 20 heavy (non-hydrogen) atoms. The Kier molecular flexibility index (Phi) is 3.79. The van der Waals surface area contributed by atoms with Crippen molar-refractivity contribution < 1.29 is 14.8 Å². The van der Waals surface area contributed by atoms with Crippen LogP contribution in [-0.2, 0) is 4.79 Å². The van der Waals surface area contributed by atoms with Crippen LogP contribution in [0.4, 0.5) is 11.5 Å². The summed E-state index contributed by atoms with van der Waals surface area (Å²) in [6.45, 7) is 0.899. The lowest BCUT2D eigenvalue weighted by Gasteiger charge is -2.17. The highest BCUT2D eigenvalue weighted by Crippen LogP contribution is 2.33. The van der Waals surface area contributed by atoms with Crippen molar-refractivity contribution in [3.8, 4) is 6.07 Å². The van der Waals surface area contributed by atoms with Crippen molar-refractivity contribution >= 4 is 17.5 Å². The van der Waals surface area contributed by atoms with Crippen LogP contribution in [0.3, 0.4) is 0 Å². The summed E-state index contributed by atoms with van der Waals surface area (Å²) in [4.78, 5) is 26.8. The Morgan fingerprint density at radius 2 is 2.45 bits per heavy atom. The molecule has 2 rings (SSSR count). The second-order valence-electron chi connectivity index (χ2n) is 4.60. The molecular weight excluding hydrogens is 264 g/mol. The maximum absolute atomic E-state index is 11.1. The average Bonchev–Trinajstić information content (AvgIpc) is 2.85. The van der Waals surface area contributed by atoms with E-state index in [0.717, 1.165) is 0 Å². The van der Waals surface area contributed by atoms with Crippen molar-refractivity contribution in [2.24, 2.45) is 5.92 Å². The summed E-state index contributed by atoms with van der Waals surface area (Å²) in [5.41, 5.74) is -0.354. The van der Waals surface area contributed by atoms with E-state index in [1.165, 1.54) is 12.3 Å². The predicted octanol–water partition coefficient (Wildman–Crippen LogP) is 1.16. The van der Waals surface area contributed by atoms with Crippen LogP contribution in [0.2, 0.25) is 0 Å². The van der Waals surface area contributed by atoms with E-state index in [9.17, 15) is 14.9 Å². The average molecular weight is 276 g/mol. The molecule has 0 spiro atoms. The van der Waals surface area contributed by atoms with Crippen LogP contribution in [0.15, 0.2) is 12.3 Å². The third kappa shape index (κ3) is 2.66. The Morgan fingerprint density at radius 1 is 1.70 bits per heavy atom. The fourth-order valence-electron chi connectivity index (χ4n) is 2.38. The standard InChI is InChI=1S/C12H12N4O4/c13-6-9-1-3-14-12(11(9)16(19)20)15-4-2-8(7-15)5-10(17)18/h1,3,8H,2,4-5,7H2,(H,17,18). The lowest BCUT2D eigenvalue weighted by molar-refractivity contribution is -0.384. The smallest absolute Gasteiger partial charge is 0.329 e. The lowest BCUT2D eigenvalue weighted by atomic mass is 10.1. The van der Waals surface area contributed by atoms with Crippen molar-refractivity contribution in [2.75, 3.05) is 18.0 Å². The minimum Gasteiger partial charge on any atom is -0.481 e. The summed E-state index contributed by atoms with van der Waals surface area (Å²) in [5.74, 6) is -0.799. The highest BCUT2D eigenvalue weighted by Gasteiger charge is 2.31. The number of nitriles is 1. The molecule has 8 heteroatoms. The zero-order chi connectivity index (χ0) is 14.7. The number of aromatic nitrogens is 1. The number of aliphatic carboxylic acids is 1. The minimum absolute atomic E-state index is 0.0300. The number of carbonyl (C=O) groups is 1. The summed E-state index contributed by atoms with van der Waals surface area (Å²) in [7, 11) is 0. The third-order valence-corrected chi connectivity index (χ3v) is 3.26. The molecule has 104 valence electrons. The summed E-state index contributed by atoms with van der Waals surface area (Å²) < 4.78 is 0. The molecule has 0 bridgehead atoms. The van der Waals surface area contributed by atoms with Gasteiger partial charge in [0.25, 0.3) is 0 Å². The quantitative estimate of drug-likeness (QED) is 0.647. The second-order valence-corrected chi connectivity index (χ2v) is 4.60. The van der Waals surface area contributed by atoms with Crippen molar-refractivity contribution in [2.45, 2.75) is 12.8 Å². The Balaban J connectivity index is 2.28. The number of carboxylic acids is 1. The molecule has 1 saturated heterocycles. The SMILES string of the molecule is N#Cc1ccnc(N2CCC(CC(=O)O)C2)c1[N+](=O)[O-]. The van der Waals surface area contributed by atoms with Gasteiger partial charge in [-0.2, -0.15) is 5.26 Å². The first kappa shape index (κ1) is 13.7. The summed E-state index contributed by atoms with van der Waals surface area (Å²) in [6, 6.07) is 3.08. The number of hydrogen-bond donors (Lipinski definition) is 1. The highest BCUT2D eigenvalue weighted by molar-refractivity contribution is 5.68. The van der Waals surface area contributed by atoms with E-state index >= 15 is 0 Å². The van der Waals surface area contributed by atoms with Gasteiger partial charge >= 0.3 is 11.7 Å². The molecule has 1 aromatic rings. The Hall–Kier alpha value is -2.69. The van der Waals surface area contributed by atoms with E-state index < -0.39 is 10.9 Å². The number of pyridine rings is 1. The van der Waals surface area contributed by atoms with E-state index in [4.69, 9.17) is 10.4 Å². The number of nitrogens with zero attached hydrogens (tertiary/aromatic N) is 4. The van der Waals surface area contributed by atoms with Crippen LogP contribution in [0, 0.1) is 27.4 Å². The van der Waals surface area contributed by atoms with Crippen LogP contribution in [0.1, 0.15) is 18.4 Å². The monoisotopic (exact) mass is 276 g/mol. The Morgan fingerprint density at radius 3 is 3.05 bits per heavy atom. The fraction of sp³-hybridized carbons (Fsp3) is 0.417. The molecule has 1 N–H and O–H groups in total. The zero-order valence-electron chi connectivity index (χ0n) is 10.5. The molecular formula is C12H12N4O4. The molecule has 0 amide bonds. The summed E-state index contributed by atoms with van der Waals surface area (Å²) in [6.07, 6.45) is 2.02. The number of nitro groups is 1. The molecule has 1 fully saturated rings. The van der Waals surface area contributed by atoms with Gasteiger partial charge in [0.1, 0.15) is 11.6 Å². The van der Waals surface area contributed by atoms with E-state index in [2.05, 4.69) is 4.98 Å². The predicted molar refractivity (Wildman–Crippen MR) is 68.2 cm³/mol. The maximum Gasteiger partial charge on any atom is 0.329 e. The second kappa shape index (κ2) is 5.52. The van der Waals surface area contributed by atoms with Crippen LogP contribution < -0.4 is 4.90 Å². The molecule has 1 atom stereocenters. The van der Waals surface area contributed by atoms with Gasteiger partial charge in [-0.15, -0.1) is 0 Å². The van der Waals surface area contributed by atoms with Gasteiger partial charge in [0.15, 0.2) is 0 Å². The number of hydrogen-bond acceptors (Lipinski definition) is 6. The Labute approximate surface area is 114 Å². The van der Waals surface area contributed by atoms with Crippen LogP contribution >= 0.6 is 0 Å². The van der Waals surface area contributed by atoms with Crippen LogP contribution in [-0.4, -0.2) is 34.1 Å². The largest absolute Gasteiger partial charge is 0.481 e. The van der Waals surface area contributed by atoms with Crippen molar-refractivity contribution in [3.63, 3.8) is 0 Å². The van der Waals surface area contributed by atoms with Gasteiger partial charge in [-0.05, 0) is 18.4 Å². The van der Waals surface area contributed by atoms with Crippen molar-refractivity contribution in [3.05, 3.63) is 27.9 Å². The molecule has 0 aliphatic carbocycles. The van der Waals surface area contributed by atoms with E-state index in [1.807, 2.05) is 0 Å². The first-order valence-electron chi connectivity index (χ1n) is 6.03. The summed E-state index contributed by atoms with van der Waals surface area (Å²) in [5, 5.41) is 28.8. The molecule has 2 heterocycles. The molecule has 0 aromatic carbocycles. The van der Waals surface area contributed by atoms with Gasteiger partial charge < -0.3 is 10.0 Å². The molecule has 1 unspecified atom stereocenters. The van der Waals surface area contributed by atoms with Crippen LogP contribution in [0.5, 0.6) is 0 Å². The van der Waals surface area contributed by atoms with Crippen LogP contribution in [0.25, 0.3) is 0 Å². The number of anilines is 1. The topological polar surface area (TPSA) is 120 Å². The number of rotatable bonds is 4. The first-order valence-corrected chi connectivity index (χ1v) is 6.03. The van der Waals surface area contributed by atoms with E-state index in [1.54, 1.807) is 11.0 Å². The number of carboxylic acid groups (broad SMARTS) is 1. The lowest BCUT2D eigenvalue weighted by Crippen LogP contribution is -2.23. The molecule has 1 aliphatic heterocycles. The van der Waals surface area contributed by atoms with Crippen molar-refractivity contribution in [1.29, 1.82) is 5.26 Å². The molecule has 1 aliphatic rings. The van der Waals surface area contributed by atoms with Crippen molar-refractivity contribution in [1.82, 2.24) is 4.98 Å². The molecule has 0 saturated carbocycles. The van der Waals surface area contributed by atoms with Gasteiger partial charge in [0.05, 0.1) is 4.92 Å². The van der Waals surface area contributed by atoms with Gasteiger partial charge in [-0.25, -0.2) is 4.98 Å². The maximum atomic E-state index is 11.1. The minimum atomic E-state index is -0.884. The zero-order valence-corrected chi connectivity index (χ0v) is 10.5. The highest BCUT2D eigenvalue weighted by atomic mass is 16.6. The van der Waals surface area contributed by atoms with Gasteiger partial charge in [-0.3, -0.25) is 14.9 Å². The van der Waals surface area contributed by atoms with Gasteiger partial charge in [0.2, 0.25) is 5.82 Å².